The van der Waals surface area contributed by atoms with Crippen LogP contribution >= 0.6 is 11.8 Å². The zero-order valence-electron chi connectivity index (χ0n) is 18.1. The van der Waals surface area contributed by atoms with Gasteiger partial charge in [0.2, 0.25) is 11.8 Å². The number of nitrogens with one attached hydrogen (secondary N) is 3. The monoisotopic (exact) mass is 450 g/mol. The van der Waals surface area contributed by atoms with Crippen molar-refractivity contribution in [2.45, 2.75) is 32.1 Å². The number of rotatable bonds is 10. The molecule has 9 heteroatoms. The van der Waals surface area contributed by atoms with Crippen LogP contribution in [0, 0.1) is 6.92 Å². The maximum absolute atomic E-state index is 12.4. The van der Waals surface area contributed by atoms with Crippen molar-refractivity contribution in [3.8, 4) is 0 Å². The molecule has 3 N–H and O–H groups in total. The fourth-order valence-electron chi connectivity index (χ4n) is 2.93. The van der Waals surface area contributed by atoms with Gasteiger partial charge in [-0.1, -0.05) is 41.6 Å². The predicted octanol–water partition coefficient (Wildman–Crippen LogP) is 4.07. The minimum absolute atomic E-state index is 0.168. The Bertz CT molecular complexity index is 1090. The zero-order valence-corrected chi connectivity index (χ0v) is 18.9. The highest BCUT2D eigenvalue weighted by molar-refractivity contribution is 7.99. The predicted molar refractivity (Wildman–Crippen MR) is 129 cm³/mol. The molecule has 0 radical (unpaired) electrons. The molecule has 2 aromatic carbocycles. The minimum atomic E-state index is -0.178. The third kappa shape index (κ3) is 6.71. The van der Waals surface area contributed by atoms with Gasteiger partial charge in [0.1, 0.15) is 0 Å². The first-order valence-corrected chi connectivity index (χ1v) is 11.1. The molecule has 0 unspecified atom stereocenters. The lowest BCUT2D eigenvalue weighted by molar-refractivity contribution is -0.114. The Balaban J connectivity index is 1.59. The molecule has 0 bridgehead atoms. The summed E-state index contributed by atoms with van der Waals surface area (Å²) >= 11 is 1.31. The number of aryl methyl sites for hydroxylation is 1. The van der Waals surface area contributed by atoms with Crippen molar-refractivity contribution in [1.29, 1.82) is 0 Å². The number of allylic oxidation sites excluding steroid dienone is 1. The molecule has 0 fully saturated rings. The maximum atomic E-state index is 12.4. The topological polar surface area (TPSA) is 101 Å². The Kier molecular flexibility index (Phi) is 8.04. The Morgan fingerprint density at radius 1 is 1.06 bits per heavy atom. The molecule has 0 saturated carbocycles. The fraction of sp³-hybridized carbons (Fsp3) is 0.217. The second-order valence-corrected chi connectivity index (χ2v) is 8.06. The van der Waals surface area contributed by atoms with Crippen LogP contribution in [0.1, 0.15) is 18.3 Å². The SMILES string of the molecule is C=CCn1c(CNc2ccc(C)cc2)nnc1SCC(=O)Nc1cccc(NC(C)=O)c1. The van der Waals surface area contributed by atoms with Crippen LogP contribution in [0.3, 0.4) is 0 Å². The maximum Gasteiger partial charge on any atom is 0.234 e. The number of benzene rings is 2. The van der Waals surface area contributed by atoms with E-state index in [9.17, 15) is 9.59 Å². The van der Waals surface area contributed by atoms with Crippen molar-refractivity contribution >= 4 is 40.6 Å². The highest BCUT2D eigenvalue weighted by atomic mass is 32.2. The van der Waals surface area contributed by atoms with E-state index in [1.165, 1.54) is 24.2 Å². The fourth-order valence-corrected chi connectivity index (χ4v) is 3.69. The summed E-state index contributed by atoms with van der Waals surface area (Å²) in [4.78, 5) is 23.6. The molecule has 0 aliphatic heterocycles. The summed E-state index contributed by atoms with van der Waals surface area (Å²) in [6.07, 6.45) is 1.77. The second kappa shape index (κ2) is 11.1. The van der Waals surface area contributed by atoms with E-state index in [-0.39, 0.29) is 17.6 Å². The van der Waals surface area contributed by atoms with Gasteiger partial charge in [0.25, 0.3) is 0 Å². The molecule has 32 heavy (non-hydrogen) atoms. The average molecular weight is 451 g/mol. The van der Waals surface area contributed by atoms with Gasteiger partial charge in [-0.2, -0.15) is 0 Å². The van der Waals surface area contributed by atoms with E-state index in [4.69, 9.17) is 0 Å². The van der Waals surface area contributed by atoms with Crippen molar-refractivity contribution in [2.75, 3.05) is 21.7 Å². The van der Waals surface area contributed by atoms with Gasteiger partial charge in [0, 0.05) is 30.5 Å². The van der Waals surface area contributed by atoms with E-state index < -0.39 is 0 Å². The quantitative estimate of drug-likeness (QED) is 0.318. The van der Waals surface area contributed by atoms with E-state index in [1.54, 1.807) is 30.3 Å². The lowest BCUT2D eigenvalue weighted by Gasteiger charge is -2.10. The van der Waals surface area contributed by atoms with Crippen LogP contribution in [-0.2, 0) is 22.7 Å². The van der Waals surface area contributed by atoms with Gasteiger partial charge in [-0.25, -0.2) is 0 Å². The highest BCUT2D eigenvalue weighted by Gasteiger charge is 2.14. The normalized spacial score (nSPS) is 10.4. The summed E-state index contributed by atoms with van der Waals surface area (Å²) in [5, 5.41) is 18.0. The molecule has 3 aromatic rings. The summed E-state index contributed by atoms with van der Waals surface area (Å²) < 4.78 is 1.93. The van der Waals surface area contributed by atoms with Crippen LogP contribution in [0.15, 0.2) is 66.3 Å². The van der Waals surface area contributed by atoms with Crippen molar-refractivity contribution < 1.29 is 9.59 Å². The van der Waals surface area contributed by atoms with E-state index in [2.05, 4.69) is 32.7 Å². The number of carbonyl (C=O) groups is 2. The van der Waals surface area contributed by atoms with Gasteiger partial charge in [-0.15, -0.1) is 16.8 Å². The van der Waals surface area contributed by atoms with Crippen molar-refractivity contribution in [3.05, 3.63) is 72.6 Å². The lowest BCUT2D eigenvalue weighted by Crippen LogP contribution is -2.15. The number of aromatic nitrogens is 3. The molecule has 2 amide bonds. The van der Waals surface area contributed by atoms with Crippen LogP contribution in [0.25, 0.3) is 0 Å². The standard InChI is InChI=1S/C23H26N6O2S/c1-4-12-29-21(14-24-18-10-8-16(2)9-11-18)27-28-23(29)32-15-22(31)26-20-7-5-6-19(13-20)25-17(3)30/h4-11,13,24H,1,12,14-15H2,2-3H3,(H,25,30)(H,26,31). The van der Waals surface area contributed by atoms with Crippen LogP contribution in [0.5, 0.6) is 0 Å². The van der Waals surface area contributed by atoms with Crippen molar-refractivity contribution in [1.82, 2.24) is 14.8 Å². The van der Waals surface area contributed by atoms with Crippen LogP contribution < -0.4 is 16.0 Å². The summed E-state index contributed by atoms with van der Waals surface area (Å²) in [6.45, 7) is 8.34. The second-order valence-electron chi connectivity index (χ2n) is 7.12. The number of nitrogens with zero attached hydrogens (tertiary/aromatic N) is 3. The first-order chi connectivity index (χ1) is 15.4. The molecular formula is C23H26N6O2S. The molecule has 0 aliphatic rings. The molecular weight excluding hydrogens is 424 g/mol. The third-order valence-corrected chi connectivity index (χ3v) is 5.37. The number of amides is 2. The summed E-state index contributed by atoms with van der Waals surface area (Å²) in [5.41, 5.74) is 3.43. The van der Waals surface area contributed by atoms with Gasteiger partial charge in [0.15, 0.2) is 11.0 Å². The highest BCUT2D eigenvalue weighted by Crippen LogP contribution is 2.20. The molecule has 0 spiro atoms. The summed E-state index contributed by atoms with van der Waals surface area (Å²) in [5.74, 6) is 0.586. The van der Waals surface area contributed by atoms with Gasteiger partial charge in [-0.05, 0) is 37.3 Å². The molecule has 1 heterocycles. The molecule has 1 aromatic heterocycles. The smallest absolute Gasteiger partial charge is 0.234 e. The number of thioether (sulfide) groups is 1. The first-order valence-electron chi connectivity index (χ1n) is 10.1. The van der Waals surface area contributed by atoms with Crippen molar-refractivity contribution in [3.63, 3.8) is 0 Å². The Labute approximate surface area is 191 Å². The summed E-state index contributed by atoms with van der Waals surface area (Å²) in [6, 6.07) is 15.1. The summed E-state index contributed by atoms with van der Waals surface area (Å²) in [7, 11) is 0. The Morgan fingerprint density at radius 3 is 2.47 bits per heavy atom. The molecule has 0 atom stereocenters. The minimum Gasteiger partial charge on any atom is -0.378 e. The van der Waals surface area contributed by atoms with Crippen molar-refractivity contribution in [2.24, 2.45) is 0 Å². The largest absolute Gasteiger partial charge is 0.378 e. The number of hydrogen-bond acceptors (Lipinski definition) is 6. The number of carbonyl (C=O) groups excluding carboxylic acids is 2. The van der Waals surface area contributed by atoms with Crippen LogP contribution in [0.4, 0.5) is 17.1 Å². The van der Waals surface area contributed by atoms with Crippen LogP contribution in [-0.4, -0.2) is 32.3 Å². The molecule has 0 saturated heterocycles. The first kappa shape index (κ1) is 23.1. The third-order valence-electron chi connectivity index (χ3n) is 4.41. The number of anilines is 3. The molecule has 166 valence electrons. The van der Waals surface area contributed by atoms with E-state index in [0.29, 0.717) is 29.6 Å². The van der Waals surface area contributed by atoms with E-state index in [0.717, 1.165) is 11.5 Å². The van der Waals surface area contributed by atoms with Gasteiger partial charge < -0.3 is 20.5 Å². The molecule has 0 aliphatic carbocycles. The lowest BCUT2D eigenvalue weighted by atomic mass is 10.2. The van der Waals surface area contributed by atoms with Gasteiger partial charge >= 0.3 is 0 Å². The van der Waals surface area contributed by atoms with Crippen LogP contribution in [0.2, 0.25) is 0 Å². The number of hydrogen-bond donors (Lipinski definition) is 3. The Hall–Kier alpha value is -3.59. The molecule has 3 rings (SSSR count). The zero-order chi connectivity index (χ0) is 22.9. The average Bonchev–Trinajstić information content (AvgIpc) is 3.13. The van der Waals surface area contributed by atoms with Gasteiger partial charge in [0.05, 0.1) is 12.3 Å². The Morgan fingerprint density at radius 2 is 1.78 bits per heavy atom. The van der Waals surface area contributed by atoms with E-state index in [1.807, 2.05) is 35.8 Å². The van der Waals surface area contributed by atoms with E-state index >= 15 is 0 Å². The molecule has 8 nitrogen and oxygen atoms in total. The van der Waals surface area contributed by atoms with Gasteiger partial charge in [-0.3, -0.25) is 9.59 Å².